The molecule has 0 radical (unpaired) electrons. The van der Waals surface area contributed by atoms with Gasteiger partial charge in [-0.2, -0.15) is 0 Å². The van der Waals surface area contributed by atoms with Crippen molar-refractivity contribution in [1.82, 2.24) is 5.32 Å². The van der Waals surface area contributed by atoms with E-state index in [4.69, 9.17) is 11.6 Å². The van der Waals surface area contributed by atoms with Gasteiger partial charge in [0.1, 0.15) is 5.02 Å². The number of nitro benzene ring substituents is 1. The molecule has 0 bridgehead atoms. The van der Waals surface area contributed by atoms with Crippen LogP contribution in [-0.4, -0.2) is 16.4 Å². The zero-order valence-corrected chi connectivity index (χ0v) is 12.1. The Morgan fingerprint density at radius 2 is 2.00 bits per heavy atom. The van der Waals surface area contributed by atoms with Crippen LogP contribution in [0.2, 0.25) is 5.02 Å². The lowest BCUT2D eigenvalue weighted by Gasteiger charge is -2.34. The third-order valence-electron chi connectivity index (χ3n) is 3.78. The largest absolute Gasteiger partial charge is 0.347 e. The fraction of sp³-hybridized carbons (Fsp3) is 0.500. The van der Waals surface area contributed by atoms with Crippen LogP contribution in [0, 0.1) is 10.1 Å². The lowest BCUT2D eigenvalue weighted by Crippen LogP contribution is -2.47. The Bertz CT molecular complexity index is 539. The number of nitrogens with zero attached hydrogens (tertiary/aromatic N) is 1. The van der Waals surface area contributed by atoms with E-state index in [1.165, 1.54) is 24.6 Å². The van der Waals surface area contributed by atoms with E-state index in [9.17, 15) is 14.9 Å². The van der Waals surface area contributed by atoms with Crippen molar-refractivity contribution in [3.05, 3.63) is 38.9 Å². The number of halogens is 1. The average molecular weight is 297 g/mol. The second-order valence-electron chi connectivity index (χ2n) is 5.50. The first kappa shape index (κ1) is 14.8. The van der Waals surface area contributed by atoms with E-state index < -0.39 is 4.92 Å². The van der Waals surface area contributed by atoms with E-state index in [0.717, 1.165) is 25.7 Å². The van der Waals surface area contributed by atoms with Crippen molar-refractivity contribution in [3.63, 3.8) is 0 Å². The second-order valence-corrected chi connectivity index (χ2v) is 5.91. The molecular weight excluding hydrogens is 280 g/mol. The van der Waals surface area contributed by atoms with Gasteiger partial charge in [-0.3, -0.25) is 14.9 Å². The highest BCUT2D eigenvalue weighted by Crippen LogP contribution is 2.29. The molecule has 1 aromatic rings. The summed E-state index contributed by atoms with van der Waals surface area (Å²) in [7, 11) is 0. The van der Waals surface area contributed by atoms with Crippen LogP contribution < -0.4 is 5.32 Å². The third kappa shape index (κ3) is 3.28. The fourth-order valence-electron chi connectivity index (χ4n) is 2.60. The first-order valence-corrected chi connectivity index (χ1v) is 7.05. The number of carbonyl (C=O) groups excluding carboxylic acids is 1. The molecule has 1 aliphatic rings. The van der Waals surface area contributed by atoms with Crippen molar-refractivity contribution in [3.8, 4) is 0 Å². The molecule has 0 aromatic heterocycles. The molecule has 1 amide bonds. The molecule has 5 nitrogen and oxygen atoms in total. The Kier molecular flexibility index (Phi) is 4.28. The molecule has 0 aliphatic heterocycles. The van der Waals surface area contributed by atoms with E-state index in [0.29, 0.717) is 0 Å². The molecule has 0 atom stereocenters. The van der Waals surface area contributed by atoms with Crippen LogP contribution in [0.25, 0.3) is 0 Å². The minimum atomic E-state index is -0.582. The van der Waals surface area contributed by atoms with Crippen LogP contribution in [0.5, 0.6) is 0 Å². The number of rotatable bonds is 3. The van der Waals surface area contributed by atoms with E-state index in [-0.39, 0.29) is 27.7 Å². The summed E-state index contributed by atoms with van der Waals surface area (Å²) in [5, 5.41) is 13.9. The molecule has 1 aromatic carbocycles. The lowest BCUT2D eigenvalue weighted by atomic mass is 9.83. The zero-order chi connectivity index (χ0) is 14.8. The number of hydrogen-bond acceptors (Lipinski definition) is 3. The van der Waals surface area contributed by atoms with E-state index in [1.807, 2.05) is 6.92 Å². The highest BCUT2D eigenvalue weighted by Gasteiger charge is 2.29. The Balaban J connectivity index is 2.17. The number of hydrogen-bond donors (Lipinski definition) is 1. The third-order valence-corrected chi connectivity index (χ3v) is 4.10. The van der Waals surface area contributed by atoms with Gasteiger partial charge in [-0.1, -0.05) is 30.9 Å². The van der Waals surface area contributed by atoms with Gasteiger partial charge in [0.15, 0.2) is 0 Å². The highest BCUT2D eigenvalue weighted by atomic mass is 35.5. The predicted molar refractivity (Wildman–Crippen MR) is 77.1 cm³/mol. The standard InChI is InChI=1S/C14H17ClN2O3/c1-14(7-3-2-4-8-14)16-13(18)10-5-6-11(15)12(9-10)17(19)20/h5-6,9H,2-4,7-8H2,1H3,(H,16,18). The number of benzene rings is 1. The summed E-state index contributed by atoms with van der Waals surface area (Å²) in [6, 6.07) is 4.12. The summed E-state index contributed by atoms with van der Waals surface area (Å²) in [4.78, 5) is 22.5. The Morgan fingerprint density at radius 3 is 2.60 bits per heavy atom. The maximum atomic E-state index is 12.2. The molecule has 6 heteroatoms. The SMILES string of the molecule is CC1(NC(=O)c2ccc(Cl)c([N+](=O)[O-])c2)CCCCC1. The summed E-state index contributed by atoms with van der Waals surface area (Å²) in [6.07, 6.45) is 5.26. The minimum Gasteiger partial charge on any atom is -0.347 e. The number of carbonyl (C=O) groups is 1. The van der Waals surface area contributed by atoms with Gasteiger partial charge < -0.3 is 5.32 Å². The summed E-state index contributed by atoms with van der Waals surface area (Å²) >= 11 is 5.74. The Labute approximate surface area is 122 Å². The van der Waals surface area contributed by atoms with Crippen LogP contribution in [0.3, 0.4) is 0 Å². The van der Waals surface area contributed by atoms with Crippen molar-refractivity contribution in [2.45, 2.75) is 44.6 Å². The molecule has 108 valence electrons. The summed E-state index contributed by atoms with van der Waals surface area (Å²) < 4.78 is 0. The minimum absolute atomic E-state index is 0.0374. The van der Waals surface area contributed by atoms with Crippen molar-refractivity contribution in [2.75, 3.05) is 0 Å². The predicted octanol–water partition coefficient (Wildman–Crippen LogP) is 3.70. The average Bonchev–Trinajstić information content (AvgIpc) is 2.39. The fourth-order valence-corrected chi connectivity index (χ4v) is 2.78. The maximum Gasteiger partial charge on any atom is 0.288 e. The van der Waals surface area contributed by atoms with Gasteiger partial charge >= 0.3 is 0 Å². The van der Waals surface area contributed by atoms with Crippen molar-refractivity contribution in [2.24, 2.45) is 0 Å². The zero-order valence-electron chi connectivity index (χ0n) is 11.3. The van der Waals surface area contributed by atoms with Crippen LogP contribution in [-0.2, 0) is 0 Å². The quantitative estimate of drug-likeness (QED) is 0.683. The van der Waals surface area contributed by atoms with E-state index in [1.54, 1.807) is 0 Å². The molecule has 1 fully saturated rings. The molecule has 20 heavy (non-hydrogen) atoms. The number of nitro groups is 1. The van der Waals surface area contributed by atoms with E-state index >= 15 is 0 Å². The maximum absolute atomic E-state index is 12.2. The van der Waals surface area contributed by atoms with Gasteiger partial charge in [-0.05, 0) is 31.9 Å². The molecule has 2 rings (SSSR count). The van der Waals surface area contributed by atoms with Crippen LogP contribution in [0.1, 0.15) is 49.4 Å². The van der Waals surface area contributed by atoms with Gasteiger partial charge in [0, 0.05) is 17.2 Å². The van der Waals surface area contributed by atoms with Crippen molar-refractivity contribution < 1.29 is 9.72 Å². The van der Waals surface area contributed by atoms with E-state index in [2.05, 4.69) is 5.32 Å². The molecule has 0 unspecified atom stereocenters. The monoisotopic (exact) mass is 296 g/mol. The Morgan fingerprint density at radius 1 is 1.35 bits per heavy atom. The van der Waals surface area contributed by atoms with Gasteiger partial charge in [0.25, 0.3) is 11.6 Å². The molecule has 1 aliphatic carbocycles. The molecule has 0 heterocycles. The van der Waals surface area contributed by atoms with Crippen LogP contribution >= 0.6 is 11.6 Å². The molecule has 1 N–H and O–H groups in total. The topological polar surface area (TPSA) is 72.2 Å². The van der Waals surface area contributed by atoms with Gasteiger partial charge in [0.2, 0.25) is 0 Å². The lowest BCUT2D eigenvalue weighted by molar-refractivity contribution is -0.384. The number of nitrogens with one attached hydrogen (secondary N) is 1. The molecule has 0 saturated heterocycles. The molecule has 1 saturated carbocycles. The van der Waals surface area contributed by atoms with Crippen molar-refractivity contribution >= 4 is 23.2 Å². The summed E-state index contributed by atoms with van der Waals surface area (Å²) in [6.45, 7) is 2.02. The van der Waals surface area contributed by atoms with Crippen LogP contribution in [0.15, 0.2) is 18.2 Å². The van der Waals surface area contributed by atoms with Gasteiger partial charge in [-0.15, -0.1) is 0 Å². The molecule has 0 spiro atoms. The van der Waals surface area contributed by atoms with Gasteiger partial charge in [-0.25, -0.2) is 0 Å². The van der Waals surface area contributed by atoms with Crippen LogP contribution in [0.4, 0.5) is 5.69 Å². The van der Waals surface area contributed by atoms with Gasteiger partial charge in [0.05, 0.1) is 4.92 Å². The summed E-state index contributed by atoms with van der Waals surface area (Å²) in [5.74, 6) is -0.283. The first-order chi connectivity index (χ1) is 9.41. The first-order valence-electron chi connectivity index (χ1n) is 6.68. The molecular formula is C14H17ClN2O3. The second kappa shape index (κ2) is 5.79. The highest BCUT2D eigenvalue weighted by molar-refractivity contribution is 6.32. The Hall–Kier alpha value is -1.62. The summed E-state index contributed by atoms with van der Waals surface area (Å²) in [5.41, 5.74) is -0.190. The number of amides is 1. The smallest absolute Gasteiger partial charge is 0.288 e. The van der Waals surface area contributed by atoms with Crippen molar-refractivity contribution in [1.29, 1.82) is 0 Å². The normalized spacial score (nSPS) is 17.5.